The standard InChI is InChI=1S/C8H14O2/c1-3-4-8(5-6-9)7(2)10/h4,9H,3,5-6H2,1-2H3/b8-4-. The lowest BCUT2D eigenvalue weighted by atomic mass is 10.1. The molecule has 10 heavy (non-hydrogen) atoms. The number of carbonyl (C=O) groups excluding carboxylic acids is 1. The van der Waals surface area contributed by atoms with Gasteiger partial charge in [-0.2, -0.15) is 0 Å². The van der Waals surface area contributed by atoms with Gasteiger partial charge in [-0.1, -0.05) is 13.0 Å². The first-order valence-electron chi connectivity index (χ1n) is 3.53. The Labute approximate surface area is 61.6 Å². The Morgan fingerprint density at radius 3 is 2.50 bits per heavy atom. The highest BCUT2D eigenvalue weighted by Crippen LogP contribution is 2.02. The molecule has 0 saturated heterocycles. The van der Waals surface area contributed by atoms with Crippen LogP contribution in [0, 0.1) is 0 Å². The lowest BCUT2D eigenvalue weighted by molar-refractivity contribution is -0.113. The molecule has 1 N–H and O–H groups in total. The third kappa shape index (κ3) is 3.41. The molecule has 2 nitrogen and oxygen atoms in total. The Kier molecular flexibility index (Phi) is 4.85. The number of hydrogen-bond acceptors (Lipinski definition) is 2. The van der Waals surface area contributed by atoms with E-state index < -0.39 is 0 Å². The highest BCUT2D eigenvalue weighted by atomic mass is 16.3. The highest BCUT2D eigenvalue weighted by molar-refractivity contribution is 5.93. The molecule has 0 saturated carbocycles. The fourth-order valence-electron chi connectivity index (χ4n) is 0.789. The summed E-state index contributed by atoms with van der Waals surface area (Å²) in [6.45, 7) is 3.56. The third-order valence-electron chi connectivity index (χ3n) is 1.28. The van der Waals surface area contributed by atoms with Crippen LogP contribution in [0.3, 0.4) is 0 Å². The van der Waals surface area contributed by atoms with Crippen molar-refractivity contribution in [2.45, 2.75) is 26.7 Å². The molecule has 0 bridgehead atoms. The van der Waals surface area contributed by atoms with Crippen molar-refractivity contribution in [2.24, 2.45) is 0 Å². The van der Waals surface area contributed by atoms with Crippen LogP contribution in [0.2, 0.25) is 0 Å². The quantitative estimate of drug-likeness (QED) is 0.600. The van der Waals surface area contributed by atoms with E-state index in [4.69, 9.17) is 5.11 Å². The Hall–Kier alpha value is -0.630. The summed E-state index contributed by atoms with van der Waals surface area (Å²) >= 11 is 0. The minimum Gasteiger partial charge on any atom is -0.396 e. The molecule has 58 valence electrons. The van der Waals surface area contributed by atoms with E-state index in [1.54, 1.807) is 0 Å². The molecule has 0 aromatic heterocycles. The van der Waals surface area contributed by atoms with Gasteiger partial charge in [0, 0.05) is 6.61 Å². The molecule has 0 unspecified atom stereocenters. The average Bonchev–Trinajstić information content (AvgIpc) is 1.87. The Morgan fingerprint density at radius 2 is 2.20 bits per heavy atom. The zero-order valence-corrected chi connectivity index (χ0v) is 6.55. The Balaban J connectivity index is 3.98. The number of carbonyl (C=O) groups is 1. The fraction of sp³-hybridized carbons (Fsp3) is 0.625. The fourth-order valence-corrected chi connectivity index (χ4v) is 0.789. The molecular weight excluding hydrogens is 128 g/mol. The molecule has 0 aliphatic rings. The molecule has 0 radical (unpaired) electrons. The number of rotatable bonds is 4. The van der Waals surface area contributed by atoms with Gasteiger partial charge < -0.3 is 5.11 Å². The largest absolute Gasteiger partial charge is 0.396 e. The normalized spacial score (nSPS) is 11.7. The predicted octanol–water partition coefficient (Wildman–Crippen LogP) is 1.29. The van der Waals surface area contributed by atoms with Gasteiger partial charge in [-0.15, -0.1) is 0 Å². The van der Waals surface area contributed by atoms with Gasteiger partial charge in [0.25, 0.3) is 0 Å². The molecule has 0 fully saturated rings. The maximum Gasteiger partial charge on any atom is 0.155 e. The van der Waals surface area contributed by atoms with E-state index in [9.17, 15) is 4.79 Å². The van der Waals surface area contributed by atoms with E-state index in [0.717, 1.165) is 12.0 Å². The zero-order chi connectivity index (χ0) is 7.98. The van der Waals surface area contributed by atoms with Crippen LogP contribution in [0.4, 0.5) is 0 Å². The van der Waals surface area contributed by atoms with E-state index in [1.165, 1.54) is 6.92 Å². The van der Waals surface area contributed by atoms with Crippen molar-refractivity contribution >= 4 is 5.78 Å². The molecule has 0 aromatic carbocycles. The van der Waals surface area contributed by atoms with Crippen molar-refractivity contribution < 1.29 is 9.90 Å². The zero-order valence-electron chi connectivity index (χ0n) is 6.55. The van der Waals surface area contributed by atoms with E-state index in [2.05, 4.69) is 0 Å². The van der Waals surface area contributed by atoms with Crippen molar-refractivity contribution in [3.05, 3.63) is 11.6 Å². The second kappa shape index (κ2) is 5.18. The van der Waals surface area contributed by atoms with E-state index in [1.807, 2.05) is 13.0 Å². The van der Waals surface area contributed by atoms with Crippen LogP contribution in [0.1, 0.15) is 26.7 Å². The average molecular weight is 142 g/mol. The van der Waals surface area contributed by atoms with Gasteiger partial charge in [-0.3, -0.25) is 4.79 Å². The van der Waals surface area contributed by atoms with Crippen molar-refractivity contribution in [1.82, 2.24) is 0 Å². The number of Topliss-reactive ketones (excluding diaryl/α,β-unsaturated/α-hetero) is 1. The number of aliphatic hydroxyl groups excluding tert-OH is 1. The van der Waals surface area contributed by atoms with E-state index >= 15 is 0 Å². The molecule has 0 spiro atoms. The van der Waals surface area contributed by atoms with Crippen LogP contribution in [0.25, 0.3) is 0 Å². The highest BCUT2D eigenvalue weighted by Gasteiger charge is 2.00. The van der Waals surface area contributed by atoms with E-state index in [-0.39, 0.29) is 12.4 Å². The van der Waals surface area contributed by atoms with Crippen molar-refractivity contribution in [3.63, 3.8) is 0 Å². The van der Waals surface area contributed by atoms with Gasteiger partial charge in [0.15, 0.2) is 5.78 Å². The summed E-state index contributed by atoms with van der Waals surface area (Å²) in [5.74, 6) is 0.0656. The van der Waals surface area contributed by atoms with Crippen LogP contribution in [0.5, 0.6) is 0 Å². The van der Waals surface area contributed by atoms with Gasteiger partial charge >= 0.3 is 0 Å². The molecule has 0 atom stereocenters. The van der Waals surface area contributed by atoms with E-state index in [0.29, 0.717) is 6.42 Å². The van der Waals surface area contributed by atoms with Gasteiger partial charge in [0.1, 0.15) is 0 Å². The van der Waals surface area contributed by atoms with Gasteiger partial charge in [0.2, 0.25) is 0 Å². The summed E-state index contributed by atoms with van der Waals surface area (Å²) in [6, 6.07) is 0. The Morgan fingerprint density at radius 1 is 1.60 bits per heavy atom. The summed E-state index contributed by atoms with van der Waals surface area (Å²) in [4.78, 5) is 10.7. The SMILES string of the molecule is CC/C=C(/CCO)C(C)=O. The molecule has 0 heterocycles. The number of aliphatic hydroxyl groups is 1. The first-order chi connectivity index (χ1) is 4.72. The van der Waals surface area contributed by atoms with Crippen molar-refractivity contribution in [1.29, 1.82) is 0 Å². The summed E-state index contributed by atoms with van der Waals surface area (Å²) in [6.07, 6.45) is 3.20. The van der Waals surface area contributed by atoms with Gasteiger partial charge in [-0.25, -0.2) is 0 Å². The van der Waals surface area contributed by atoms with Crippen LogP contribution < -0.4 is 0 Å². The lowest BCUT2D eigenvalue weighted by Crippen LogP contribution is -1.98. The monoisotopic (exact) mass is 142 g/mol. The predicted molar refractivity (Wildman–Crippen MR) is 40.8 cm³/mol. The minimum atomic E-state index is 0.0609. The first-order valence-corrected chi connectivity index (χ1v) is 3.53. The molecule has 0 amide bonds. The summed E-state index contributed by atoms with van der Waals surface area (Å²) in [7, 11) is 0. The smallest absolute Gasteiger partial charge is 0.155 e. The first kappa shape index (κ1) is 9.37. The van der Waals surface area contributed by atoms with Crippen LogP contribution in [-0.4, -0.2) is 17.5 Å². The summed E-state index contributed by atoms with van der Waals surface area (Å²) in [5.41, 5.74) is 0.741. The maximum absolute atomic E-state index is 10.7. The topological polar surface area (TPSA) is 37.3 Å². The summed E-state index contributed by atoms with van der Waals surface area (Å²) < 4.78 is 0. The number of hydrogen-bond donors (Lipinski definition) is 1. The van der Waals surface area contributed by atoms with Crippen LogP contribution in [-0.2, 0) is 4.79 Å². The third-order valence-corrected chi connectivity index (χ3v) is 1.28. The maximum atomic E-state index is 10.7. The Bertz CT molecular complexity index is 136. The van der Waals surface area contributed by atoms with Crippen LogP contribution in [0.15, 0.2) is 11.6 Å². The number of ketones is 1. The van der Waals surface area contributed by atoms with Crippen molar-refractivity contribution in [3.8, 4) is 0 Å². The molecular formula is C8H14O2. The van der Waals surface area contributed by atoms with Crippen LogP contribution >= 0.6 is 0 Å². The lowest BCUT2D eigenvalue weighted by Gasteiger charge is -1.98. The number of allylic oxidation sites excluding steroid dienone is 1. The second-order valence-electron chi connectivity index (χ2n) is 2.17. The molecule has 0 aliphatic carbocycles. The molecule has 0 aromatic rings. The molecule has 0 rings (SSSR count). The second-order valence-corrected chi connectivity index (χ2v) is 2.17. The van der Waals surface area contributed by atoms with Gasteiger partial charge in [-0.05, 0) is 25.3 Å². The van der Waals surface area contributed by atoms with Gasteiger partial charge in [0.05, 0.1) is 0 Å². The summed E-state index contributed by atoms with van der Waals surface area (Å²) in [5, 5.41) is 8.52. The molecule has 0 aliphatic heterocycles. The molecule has 2 heteroatoms. The minimum absolute atomic E-state index is 0.0609. The van der Waals surface area contributed by atoms with Crippen molar-refractivity contribution in [2.75, 3.05) is 6.61 Å².